The summed E-state index contributed by atoms with van der Waals surface area (Å²) in [6.07, 6.45) is 10.8. The highest BCUT2D eigenvalue weighted by Crippen LogP contribution is 2.53. The second-order valence-electron chi connectivity index (χ2n) is 7.41. The molecule has 0 bridgehead atoms. The van der Waals surface area contributed by atoms with Gasteiger partial charge < -0.3 is 5.11 Å². The molecule has 2 rings (SSSR count). The number of carboxylic acid groups (broad SMARTS) is 1. The van der Waals surface area contributed by atoms with E-state index < -0.39 is 5.97 Å². The standard InChI is InChI=1S/C19H30O2/c1-5-6-11-19(4)16-9-7-14(13(2)3)12-15(16)8-10-17(19)18(20)21/h8,12-13,16-17H,5-7,9-11H2,1-4H3,(H,20,21). The summed E-state index contributed by atoms with van der Waals surface area (Å²) in [6, 6.07) is 0. The van der Waals surface area contributed by atoms with Crippen molar-refractivity contribution in [1.82, 2.24) is 0 Å². The van der Waals surface area contributed by atoms with Crippen LogP contribution in [-0.2, 0) is 4.79 Å². The zero-order valence-corrected chi connectivity index (χ0v) is 14.0. The minimum atomic E-state index is -0.609. The quantitative estimate of drug-likeness (QED) is 0.755. The van der Waals surface area contributed by atoms with Crippen molar-refractivity contribution in [2.24, 2.45) is 23.2 Å². The van der Waals surface area contributed by atoms with E-state index in [0.29, 0.717) is 18.3 Å². The van der Waals surface area contributed by atoms with Crippen LogP contribution in [0.2, 0.25) is 0 Å². The summed E-state index contributed by atoms with van der Waals surface area (Å²) < 4.78 is 0. The highest BCUT2D eigenvalue weighted by molar-refractivity contribution is 5.72. The monoisotopic (exact) mass is 290 g/mol. The van der Waals surface area contributed by atoms with Crippen molar-refractivity contribution in [2.45, 2.75) is 66.2 Å². The van der Waals surface area contributed by atoms with Gasteiger partial charge in [-0.05, 0) is 48.5 Å². The Balaban J connectivity index is 2.34. The van der Waals surface area contributed by atoms with E-state index in [9.17, 15) is 9.90 Å². The smallest absolute Gasteiger partial charge is 0.307 e. The second kappa shape index (κ2) is 6.37. The van der Waals surface area contributed by atoms with Gasteiger partial charge in [-0.3, -0.25) is 4.79 Å². The Kier molecular flexibility index (Phi) is 4.95. The fraction of sp³-hybridized carbons (Fsp3) is 0.737. The number of carbonyl (C=O) groups is 1. The number of rotatable bonds is 5. The van der Waals surface area contributed by atoms with E-state index in [0.717, 1.165) is 32.1 Å². The molecule has 2 aliphatic carbocycles. The molecule has 2 heteroatoms. The van der Waals surface area contributed by atoms with Crippen molar-refractivity contribution in [3.8, 4) is 0 Å². The van der Waals surface area contributed by atoms with E-state index in [1.807, 2.05) is 0 Å². The van der Waals surface area contributed by atoms with Gasteiger partial charge in [0.15, 0.2) is 0 Å². The first kappa shape index (κ1) is 16.3. The van der Waals surface area contributed by atoms with E-state index in [-0.39, 0.29) is 11.3 Å². The molecule has 3 unspecified atom stereocenters. The van der Waals surface area contributed by atoms with Gasteiger partial charge in [0, 0.05) is 0 Å². The maximum atomic E-state index is 11.7. The molecule has 0 spiro atoms. The first-order valence-corrected chi connectivity index (χ1v) is 8.53. The van der Waals surface area contributed by atoms with Crippen LogP contribution >= 0.6 is 0 Å². The van der Waals surface area contributed by atoms with Gasteiger partial charge in [-0.15, -0.1) is 0 Å². The van der Waals surface area contributed by atoms with E-state index >= 15 is 0 Å². The summed E-state index contributed by atoms with van der Waals surface area (Å²) in [5.41, 5.74) is 2.87. The Morgan fingerprint density at radius 1 is 1.48 bits per heavy atom. The minimum absolute atomic E-state index is 0.0784. The number of hydrogen-bond donors (Lipinski definition) is 1. The molecule has 21 heavy (non-hydrogen) atoms. The fourth-order valence-corrected chi connectivity index (χ4v) is 4.29. The lowest BCUT2D eigenvalue weighted by Crippen LogP contribution is -2.43. The number of unbranched alkanes of at least 4 members (excludes halogenated alkanes) is 1. The summed E-state index contributed by atoms with van der Waals surface area (Å²) in [5, 5.41) is 9.66. The van der Waals surface area contributed by atoms with Crippen molar-refractivity contribution in [1.29, 1.82) is 0 Å². The van der Waals surface area contributed by atoms with Crippen LogP contribution < -0.4 is 0 Å². The van der Waals surface area contributed by atoms with Gasteiger partial charge in [0.2, 0.25) is 0 Å². The van der Waals surface area contributed by atoms with Gasteiger partial charge in [-0.1, -0.05) is 58.3 Å². The number of carboxylic acids is 1. The van der Waals surface area contributed by atoms with Crippen LogP contribution in [0.3, 0.4) is 0 Å². The molecule has 0 aromatic heterocycles. The van der Waals surface area contributed by atoms with Crippen molar-refractivity contribution in [3.63, 3.8) is 0 Å². The Hall–Kier alpha value is -1.05. The Labute approximate surface area is 129 Å². The summed E-state index contributed by atoms with van der Waals surface area (Å²) in [5.74, 6) is 0.210. The van der Waals surface area contributed by atoms with Gasteiger partial charge in [0.25, 0.3) is 0 Å². The minimum Gasteiger partial charge on any atom is -0.481 e. The molecule has 0 saturated carbocycles. The lowest BCUT2D eigenvalue weighted by Gasteiger charge is -2.47. The van der Waals surface area contributed by atoms with Gasteiger partial charge in [0.05, 0.1) is 5.92 Å². The lowest BCUT2D eigenvalue weighted by molar-refractivity contribution is -0.148. The molecular weight excluding hydrogens is 260 g/mol. The largest absolute Gasteiger partial charge is 0.481 e. The zero-order valence-electron chi connectivity index (χ0n) is 14.0. The SMILES string of the molecule is CCCCC1(C)C(C(=O)O)CC=C2C=C(C(C)C)CCC21. The van der Waals surface area contributed by atoms with E-state index in [4.69, 9.17) is 0 Å². The molecule has 0 aromatic rings. The summed E-state index contributed by atoms with van der Waals surface area (Å²) >= 11 is 0. The topological polar surface area (TPSA) is 37.3 Å². The molecule has 0 heterocycles. The predicted molar refractivity (Wildman–Crippen MR) is 87.1 cm³/mol. The molecule has 0 fully saturated rings. The van der Waals surface area contributed by atoms with E-state index in [1.165, 1.54) is 11.1 Å². The number of aliphatic carboxylic acids is 1. The van der Waals surface area contributed by atoms with Crippen LogP contribution in [0.4, 0.5) is 0 Å². The van der Waals surface area contributed by atoms with Crippen LogP contribution in [0.25, 0.3) is 0 Å². The normalized spacial score (nSPS) is 32.4. The van der Waals surface area contributed by atoms with E-state index in [1.54, 1.807) is 0 Å². The van der Waals surface area contributed by atoms with Crippen molar-refractivity contribution >= 4 is 5.97 Å². The molecule has 0 aromatic carbocycles. The molecule has 2 nitrogen and oxygen atoms in total. The van der Waals surface area contributed by atoms with Crippen LogP contribution in [0.1, 0.15) is 66.2 Å². The van der Waals surface area contributed by atoms with E-state index in [2.05, 4.69) is 39.8 Å². The zero-order chi connectivity index (χ0) is 15.6. The number of hydrogen-bond acceptors (Lipinski definition) is 1. The average Bonchev–Trinajstić information content (AvgIpc) is 2.44. The Morgan fingerprint density at radius 3 is 2.76 bits per heavy atom. The third-order valence-electron chi connectivity index (χ3n) is 5.77. The van der Waals surface area contributed by atoms with Crippen LogP contribution in [0.5, 0.6) is 0 Å². The summed E-state index contributed by atoms with van der Waals surface area (Å²) in [6.45, 7) is 8.93. The first-order valence-electron chi connectivity index (χ1n) is 8.53. The second-order valence-corrected chi connectivity index (χ2v) is 7.41. The maximum Gasteiger partial charge on any atom is 0.307 e. The van der Waals surface area contributed by atoms with Gasteiger partial charge in [-0.25, -0.2) is 0 Å². The molecule has 0 saturated heterocycles. The Morgan fingerprint density at radius 2 is 2.19 bits per heavy atom. The number of allylic oxidation sites excluding steroid dienone is 4. The first-order chi connectivity index (χ1) is 9.90. The van der Waals surface area contributed by atoms with Crippen molar-refractivity contribution in [2.75, 3.05) is 0 Å². The Bertz CT molecular complexity index is 458. The number of fused-ring (bicyclic) bond motifs is 1. The third-order valence-corrected chi connectivity index (χ3v) is 5.77. The van der Waals surface area contributed by atoms with Crippen molar-refractivity contribution in [3.05, 3.63) is 23.3 Å². The molecule has 1 N–H and O–H groups in total. The maximum absolute atomic E-state index is 11.7. The molecule has 0 radical (unpaired) electrons. The molecule has 3 atom stereocenters. The molecule has 0 aliphatic heterocycles. The lowest BCUT2D eigenvalue weighted by atomic mass is 9.56. The third kappa shape index (κ3) is 3.09. The molecule has 2 aliphatic rings. The molecule has 0 amide bonds. The van der Waals surface area contributed by atoms with Crippen LogP contribution in [0, 0.1) is 23.2 Å². The highest BCUT2D eigenvalue weighted by atomic mass is 16.4. The van der Waals surface area contributed by atoms with Crippen LogP contribution in [0.15, 0.2) is 23.3 Å². The summed E-state index contributed by atoms with van der Waals surface area (Å²) in [4.78, 5) is 11.7. The van der Waals surface area contributed by atoms with Crippen LogP contribution in [-0.4, -0.2) is 11.1 Å². The van der Waals surface area contributed by atoms with Gasteiger partial charge in [-0.2, -0.15) is 0 Å². The van der Waals surface area contributed by atoms with Gasteiger partial charge >= 0.3 is 5.97 Å². The summed E-state index contributed by atoms with van der Waals surface area (Å²) in [7, 11) is 0. The molecular formula is C19H30O2. The van der Waals surface area contributed by atoms with Crippen molar-refractivity contribution < 1.29 is 9.90 Å². The fourth-order valence-electron chi connectivity index (χ4n) is 4.29. The molecule has 118 valence electrons. The average molecular weight is 290 g/mol. The highest BCUT2D eigenvalue weighted by Gasteiger charge is 2.48. The van der Waals surface area contributed by atoms with Gasteiger partial charge in [0.1, 0.15) is 0 Å². The predicted octanol–water partition coefficient (Wildman–Crippen LogP) is 5.21.